The first-order chi connectivity index (χ1) is 12.0. The van der Waals surface area contributed by atoms with Gasteiger partial charge in [-0.05, 0) is 32.4 Å². The molecule has 8 heteroatoms. The standard InChI is InChI=1S/C18H25FN4O2.HI/c1-5-15(25-16-8-6-7-14(19)9-16)10-21-18(20-4)22-11-17-23-12(2)13(3)24-17;/h6-9,15H,5,10-11H2,1-4H3,(H2,20,21,22);1H. The Morgan fingerprint density at radius 3 is 2.69 bits per heavy atom. The Balaban J connectivity index is 0.00000338. The van der Waals surface area contributed by atoms with Crippen LogP contribution in [0.4, 0.5) is 4.39 Å². The maximum atomic E-state index is 13.2. The van der Waals surface area contributed by atoms with Crippen molar-refractivity contribution in [2.24, 2.45) is 4.99 Å². The number of oxazole rings is 1. The largest absolute Gasteiger partial charge is 0.489 e. The van der Waals surface area contributed by atoms with Gasteiger partial charge in [0.1, 0.15) is 23.4 Å². The number of ether oxygens (including phenoxy) is 1. The van der Waals surface area contributed by atoms with E-state index in [0.717, 1.165) is 17.9 Å². The van der Waals surface area contributed by atoms with E-state index in [1.165, 1.54) is 12.1 Å². The molecule has 0 saturated carbocycles. The van der Waals surface area contributed by atoms with Gasteiger partial charge in [-0.25, -0.2) is 9.37 Å². The molecule has 0 saturated heterocycles. The van der Waals surface area contributed by atoms with Gasteiger partial charge in [-0.2, -0.15) is 0 Å². The Kier molecular flexibility index (Phi) is 9.39. The maximum Gasteiger partial charge on any atom is 0.214 e. The number of aryl methyl sites for hydroxylation is 2. The van der Waals surface area contributed by atoms with E-state index >= 15 is 0 Å². The highest BCUT2D eigenvalue weighted by molar-refractivity contribution is 14.0. The highest BCUT2D eigenvalue weighted by Crippen LogP contribution is 2.14. The number of benzene rings is 1. The first kappa shape index (κ1) is 22.2. The third kappa shape index (κ3) is 6.81. The number of nitrogens with zero attached hydrogens (tertiary/aromatic N) is 2. The van der Waals surface area contributed by atoms with Crippen molar-refractivity contribution in [1.29, 1.82) is 0 Å². The SMILES string of the molecule is CCC(CNC(=NC)NCc1nc(C)c(C)o1)Oc1cccc(F)c1.I. The third-order valence-electron chi connectivity index (χ3n) is 3.75. The Labute approximate surface area is 170 Å². The van der Waals surface area contributed by atoms with Gasteiger partial charge in [0, 0.05) is 13.1 Å². The molecule has 2 rings (SSSR count). The lowest BCUT2D eigenvalue weighted by atomic mass is 10.2. The van der Waals surface area contributed by atoms with Crippen LogP contribution in [-0.4, -0.2) is 30.6 Å². The van der Waals surface area contributed by atoms with E-state index < -0.39 is 0 Å². The molecule has 26 heavy (non-hydrogen) atoms. The molecule has 0 radical (unpaired) electrons. The molecule has 6 nitrogen and oxygen atoms in total. The molecule has 1 aromatic carbocycles. The van der Waals surface area contributed by atoms with Crippen molar-refractivity contribution in [1.82, 2.24) is 15.6 Å². The molecule has 1 aromatic heterocycles. The highest BCUT2D eigenvalue weighted by Gasteiger charge is 2.11. The fraction of sp³-hybridized carbons (Fsp3) is 0.444. The Bertz CT molecular complexity index is 701. The van der Waals surface area contributed by atoms with Crippen LogP contribution < -0.4 is 15.4 Å². The molecule has 1 unspecified atom stereocenters. The van der Waals surface area contributed by atoms with Crippen molar-refractivity contribution < 1.29 is 13.5 Å². The van der Waals surface area contributed by atoms with Crippen molar-refractivity contribution in [3.63, 3.8) is 0 Å². The van der Waals surface area contributed by atoms with Gasteiger partial charge in [0.15, 0.2) is 5.96 Å². The Morgan fingerprint density at radius 2 is 2.12 bits per heavy atom. The number of nitrogens with one attached hydrogen (secondary N) is 2. The number of guanidine groups is 1. The van der Waals surface area contributed by atoms with E-state index in [1.54, 1.807) is 19.2 Å². The predicted octanol–water partition coefficient (Wildman–Crippen LogP) is 3.57. The summed E-state index contributed by atoms with van der Waals surface area (Å²) in [4.78, 5) is 8.49. The second-order valence-electron chi connectivity index (χ2n) is 5.66. The topological polar surface area (TPSA) is 71.7 Å². The highest BCUT2D eigenvalue weighted by atomic mass is 127. The quantitative estimate of drug-likeness (QED) is 0.363. The molecule has 144 valence electrons. The van der Waals surface area contributed by atoms with Crippen LogP contribution in [-0.2, 0) is 6.54 Å². The number of aliphatic imine (C=N–C) groups is 1. The maximum absolute atomic E-state index is 13.2. The second kappa shape index (κ2) is 11.0. The second-order valence-corrected chi connectivity index (χ2v) is 5.66. The first-order valence-electron chi connectivity index (χ1n) is 8.31. The van der Waals surface area contributed by atoms with Gasteiger partial charge < -0.3 is 19.8 Å². The summed E-state index contributed by atoms with van der Waals surface area (Å²) in [5.74, 6) is 2.25. The van der Waals surface area contributed by atoms with Gasteiger partial charge in [0.05, 0.1) is 18.8 Å². The minimum atomic E-state index is -0.311. The van der Waals surface area contributed by atoms with E-state index in [9.17, 15) is 4.39 Å². The van der Waals surface area contributed by atoms with E-state index in [1.807, 2.05) is 20.8 Å². The fourth-order valence-electron chi connectivity index (χ4n) is 2.21. The summed E-state index contributed by atoms with van der Waals surface area (Å²) >= 11 is 0. The lowest BCUT2D eigenvalue weighted by Crippen LogP contribution is -2.42. The molecule has 0 aliphatic carbocycles. The number of aromatic nitrogens is 1. The van der Waals surface area contributed by atoms with Gasteiger partial charge in [0.25, 0.3) is 0 Å². The predicted molar refractivity (Wildman–Crippen MR) is 111 cm³/mol. The molecule has 1 atom stereocenters. The summed E-state index contributed by atoms with van der Waals surface area (Å²) in [6.45, 7) is 6.78. The minimum Gasteiger partial charge on any atom is -0.489 e. The summed E-state index contributed by atoms with van der Waals surface area (Å²) in [6, 6.07) is 6.14. The molecular formula is C18H26FIN4O2. The zero-order chi connectivity index (χ0) is 18.2. The summed E-state index contributed by atoms with van der Waals surface area (Å²) in [5, 5.41) is 6.34. The Hall–Kier alpha value is -1.84. The monoisotopic (exact) mass is 476 g/mol. The average Bonchev–Trinajstić information content (AvgIpc) is 2.92. The van der Waals surface area contributed by atoms with Gasteiger partial charge in [-0.1, -0.05) is 13.0 Å². The van der Waals surface area contributed by atoms with E-state index in [4.69, 9.17) is 9.15 Å². The van der Waals surface area contributed by atoms with E-state index in [0.29, 0.717) is 30.7 Å². The van der Waals surface area contributed by atoms with E-state index in [-0.39, 0.29) is 35.9 Å². The molecule has 0 amide bonds. The summed E-state index contributed by atoms with van der Waals surface area (Å²) in [6.07, 6.45) is 0.671. The van der Waals surface area contributed by atoms with Crippen LogP contribution in [0.5, 0.6) is 5.75 Å². The fourth-order valence-corrected chi connectivity index (χ4v) is 2.21. The van der Waals surface area contributed by atoms with Crippen LogP contribution in [0.1, 0.15) is 30.7 Å². The van der Waals surface area contributed by atoms with Crippen LogP contribution in [0, 0.1) is 19.7 Å². The van der Waals surface area contributed by atoms with Gasteiger partial charge >= 0.3 is 0 Å². The van der Waals surface area contributed by atoms with Gasteiger partial charge in [-0.15, -0.1) is 24.0 Å². The van der Waals surface area contributed by atoms with E-state index in [2.05, 4.69) is 20.6 Å². The van der Waals surface area contributed by atoms with Crippen LogP contribution >= 0.6 is 24.0 Å². The first-order valence-corrected chi connectivity index (χ1v) is 8.31. The molecule has 1 heterocycles. The summed E-state index contributed by atoms with van der Waals surface area (Å²) in [7, 11) is 1.69. The minimum absolute atomic E-state index is 0. The normalized spacial score (nSPS) is 12.3. The molecule has 0 bridgehead atoms. The average molecular weight is 476 g/mol. The third-order valence-corrected chi connectivity index (χ3v) is 3.75. The number of rotatable bonds is 7. The molecular weight excluding hydrogens is 450 g/mol. The van der Waals surface area contributed by atoms with Crippen molar-refractivity contribution in [2.75, 3.05) is 13.6 Å². The molecule has 2 N–H and O–H groups in total. The smallest absolute Gasteiger partial charge is 0.214 e. The molecule has 0 aliphatic heterocycles. The summed E-state index contributed by atoms with van der Waals surface area (Å²) in [5.41, 5.74) is 0.884. The molecule has 0 aliphatic rings. The van der Waals surface area contributed by atoms with Crippen molar-refractivity contribution in [2.45, 2.75) is 39.8 Å². The van der Waals surface area contributed by atoms with Crippen LogP contribution in [0.15, 0.2) is 33.7 Å². The molecule has 0 fully saturated rings. The van der Waals surface area contributed by atoms with Crippen LogP contribution in [0.2, 0.25) is 0 Å². The lowest BCUT2D eigenvalue weighted by molar-refractivity contribution is 0.198. The molecule has 2 aromatic rings. The number of halogens is 2. The number of hydrogen-bond acceptors (Lipinski definition) is 4. The zero-order valence-corrected chi connectivity index (χ0v) is 17.8. The van der Waals surface area contributed by atoms with Gasteiger partial charge in [-0.3, -0.25) is 4.99 Å². The Morgan fingerprint density at radius 1 is 1.35 bits per heavy atom. The van der Waals surface area contributed by atoms with Crippen LogP contribution in [0.25, 0.3) is 0 Å². The number of hydrogen-bond donors (Lipinski definition) is 2. The summed E-state index contributed by atoms with van der Waals surface area (Å²) < 4.78 is 24.6. The van der Waals surface area contributed by atoms with Crippen molar-refractivity contribution in [3.8, 4) is 5.75 Å². The van der Waals surface area contributed by atoms with Crippen LogP contribution in [0.3, 0.4) is 0 Å². The van der Waals surface area contributed by atoms with Gasteiger partial charge in [0.2, 0.25) is 5.89 Å². The lowest BCUT2D eigenvalue weighted by Gasteiger charge is -2.19. The van der Waals surface area contributed by atoms with Crippen molar-refractivity contribution in [3.05, 3.63) is 47.4 Å². The zero-order valence-electron chi connectivity index (χ0n) is 15.5. The van der Waals surface area contributed by atoms with Crippen molar-refractivity contribution >= 4 is 29.9 Å². The molecule has 0 spiro atoms.